The van der Waals surface area contributed by atoms with E-state index in [0.717, 1.165) is 16.7 Å². The molecule has 0 saturated heterocycles. The molecule has 1 amide bonds. The molecule has 0 fully saturated rings. The van der Waals surface area contributed by atoms with Gasteiger partial charge in [0.1, 0.15) is 0 Å². The fourth-order valence-corrected chi connectivity index (χ4v) is 3.34. The van der Waals surface area contributed by atoms with Crippen LogP contribution in [-0.2, 0) is 24.4 Å². The van der Waals surface area contributed by atoms with Crippen molar-refractivity contribution in [2.45, 2.75) is 19.7 Å². The van der Waals surface area contributed by atoms with E-state index in [2.05, 4.69) is 0 Å². The molecule has 4 rings (SSSR count). The lowest BCUT2D eigenvalue weighted by molar-refractivity contribution is 0.0730. The number of carbonyl (C=O) groups excluding carboxylic acids is 1. The van der Waals surface area contributed by atoms with Gasteiger partial charge in [0.05, 0.1) is 6.61 Å². The van der Waals surface area contributed by atoms with Crippen molar-refractivity contribution in [3.63, 3.8) is 0 Å². The van der Waals surface area contributed by atoms with Crippen molar-refractivity contribution in [1.82, 2.24) is 4.90 Å². The van der Waals surface area contributed by atoms with E-state index in [1.807, 2.05) is 77.7 Å². The van der Waals surface area contributed by atoms with E-state index in [-0.39, 0.29) is 5.91 Å². The molecule has 134 valence electrons. The Labute approximate surface area is 159 Å². The average Bonchev–Trinajstić information content (AvgIpc) is 3.09. The first-order valence-corrected chi connectivity index (χ1v) is 9.00. The lowest BCUT2D eigenvalue weighted by Gasteiger charge is -2.23. The van der Waals surface area contributed by atoms with Crippen molar-refractivity contribution in [3.8, 4) is 0 Å². The van der Waals surface area contributed by atoms with Crippen LogP contribution in [0.1, 0.15) is 27.0 Å². The Hall–Kier alpha value is -2.89. The highest BCUT2D eigenvalue weighted by molar-refractivity contribution is 6.61. The van der Waals surface area contributed by atoms with Gasteiger partial charge in [-0.3, -0.25) is 4.79 Å². The topological polar surface area (TPSA) is 49.8 Å². The van der Waals surface area contributed by atoms with Crippen molar-refractivity contribution in [3.05, 3.63) is 101 Å². The van der Waals surface area contributed by atoms with Gasteiger partial charge in [-0.25, -0.2) is 0 Å². The molecule has 0 spiro atoms. The van der Waals surface area contributed by atoms with E-state index in [1.165, 1.54) is 0 Å². The quantitative estimate of drug-likeness (QED) is 0.715. The van der Waals surface area contributed by atoms with Crippen LogP contribution < -0.4 is 5.46 Å². The van der Waals surface area contributed by atoms with Gasteiger partial charge in [-0.05, 0) is 34.3 Å². The van der Waals surface area contributed by atoms with Crippen molar-refractivity contribution in [2.24, 2.45) is 0 Å². The summed E-state index contributed by atoms with van der Waals surface area (Å²) in [4.78, 5) is 15.1. The molecule has 0 bridgehead atoms. The van der Waals surface area contributed by atoms with Crippen LogP contribution in [0.2, 0.25) is 0 Å². The third-order valence-electron chi connectivity index (χ3n) is 4.78. The van der Waals surface area contributed by atoms with Crippen molar-refractivity contribution < 1.29 is 14.5 Å². The maximum atomic E-state index is 13.3. The molecule has 0 unspecified atom stereocenters. The van der Waals surface area contributed by atoms with Crippen LogP contribution in [0.25, 0.3) is 0 Å². The molecule has 3 aromatic carbocycles. The van der Waals surface area contributed by atoms with Gasteiger partial charge in [0, 0.05) is 18.7 Å². The monoisotopic (exact) mass is 357 g/mol. The zero-order valence-corrected chi connectivity index (χ0v) is 14.9. The Bertz CT molecular complexity index is 889. The summed E-state index contributed by atoms with van der Waals surface area (Å²) in [6.45, 7) is 1.41. The van der Waals surface area contributed by atoms with Crippen LogP contribution in [-0.4, -0.2) is 22.9 Å². The van der Waals surface area contributed by atoms with Crippen molar-refractivity contribution in [2.75, 3.05) is 0 Å². The smallest absolute Gasteiger partial charge is 0.423 e. The predicted molar refractivity (Wildman–Crippen MR) is 105 cm³/mol. The molecule has 1 heterocycles. The van der Waals surface area contributed by atoms with Crippen molar-refractivity contribution >= 4 is 18.5 Å². The molecule has 0 aromatic heterocycles. The molecular formula is C22H20BNO3. The molecule has 5 heteroatoms. The lowest BCUT2D eigenvalue weighted by Crippen LogP contribution is -2.33. The highest BCUT2D eigenvalue weighted by atomic mass is 16.5. The summed E-state index contributed by atoms with van der Waals surface area (Å²) in [6.07, 6.45) is 0. The molecule has 0 atom stereocenters. The van der Waals surface area contributed by atoms with Gasteiger partial charge in [-0.15, -0.1) is 0 Å². The van der Waals surface area contributed by atoms with Gasteiger partial charge in [0.25, 0.3) is 5.91 Å². The first-order chi connectivity index (χ1) is 13.2. The Balaban J connectivity index is 1.63. The summed E-state index contributed by atoms with van der Waals surface area (Å²) in [5, 5.41) is 9.95. The van der Waals surface area contributed by atoms with Crippen LogP contribution >= 0.6 is 0 Å². The minimum absolute atomic E-state index is 0.0652. The molecule has 0 aliphatic carbocycles. The normalized spacial score (nSPS) is 12.7. The summed E-state index contributed by atoms with van der Waals surface area (Å²) in [7, 11) is -0.954. The Kier molecular flexibility index (Phi) is 5.05. The predicted octanol–water partition coefficient (Wildman–Crippen LogP) is 2.75. The van der Waals surface area contributed by atoms with Crippen LogP contribution in [0.4, 0.5) is 0 Å². The first-order valence-electron chi connectivity index (χ1n) is 9.00. The maximum Gasteiger partial charge on any atom is 0.491 e. The van der Waals surface area contributed by atoms with E-state index in [0.29, 0.717) is 30.7 Å². The van der Waals surface area contributed by atoms with Gasteiger partial charge in [-0.2, -0.15) is 0 Å². The fraction of sp³-hybridized carbons (Fsp3) is 0.136. The maximum absolute atomic E-state index is 13.3. The third-order valence-corrected chi connectivity index (χ3v) is 4.78. The molecule has 4 nitrogen and oxygen atoms in total. The van der Waals surface area contributed by atoms with E-state index in [1.54, 1.807) is 6.07 Å². The van der Waals surface area contributed by atoms with Crippen LogP contribution in [0.3, 0.4) is 0 Å². The Morgan fingerprint density at radius 3 is 2.11 bits per heavy atom. The molecule has 0 radical (unpaired) electrons. The molecule has 1 aliphatic heterocycles. The highest BCUT2D eigenvalue weighted by Gasteiger charge is 2.28. The average molecular weight is 357 g/mol. The number of nitrogens with zero attached hydrogens (tertiary/aromatic N) is 1. The van der Waals surface area contributed by atoms with Crippen LogP contribution in [0.15, 0.2) is 78.9 Å². The zero-order chi connectivity index (χ0) is 18.6. The highest BCUT2D eigenvalue weighted by Crippen LogP contribution is 2.17. The van der Waals surface area contributed by atoms with Gasteiger partial charge < -0.3 is 14.6 Å². The molecule has 1 aliphatic rings. The largest absolute Gasteiger partial charge is 0.491 e. The number of carbonyl (C=O) groups is 1. The summed E-state index contributed by atoms with van der Waals surface area (Å²) in [5.41, 5.74) is 4.32. The summed E-state index contributed by atoms with van der Waals surface area (Å²) >= 11 is 0. The summed E-state index contributed by atoms with van der Waals surface area (Å²) in [6, 6.07) is 25.3. The third kappa shape index (κ3) is 3.94. The van der Waals surface area contributed by atoms with E-state index >= 15 is 0 Å². The number of hydrogen-bond donors (Lipinski definition) is 1. The van der Waals surface area contributed by atoms with Crippen molar-refractivity contribution in [1.29, 1.82) is 0 Å². The number of amides is 1. The van der Waals surface area contributed by atoms with Crippen LogP contribution in [0, 0.1) is 0 Å². The second-order valence-corrected chi connectivity index (χ2v) is 6.71. The minimum atomic E-state index is -0.954. The minimum Gasteiger partial charge on any atom is -0.423 e. The SMILES string of the molecule is O=C(c1ccc2c(c1)B(O)OC2)N(Cc1ccccc1)Cc1ccccc1. The lowest BCUT2D eigenvalue weighted by atomic mass is 9.78. The van der Waals surface area contributed by atoms with Gasteiger partial charge >= 0.3 is 7.12 Å². The molecule has 1 N–H and O–H groups in total. The fourth-order valence-electron chi connectivity index (χ4n) is 3.34. The standard InChI is InChI=1S/C22H20BNO3/c25-22(19-11-12-20-16-27-23(26)21(20)13-19)24(14-17-7-3-1-4-8-17)15-18-9-5-2-6-10-18/h1-13,26H,14-16H2. The van der Waals surface area contributed by atoms with Gasteiger partial charge in [0.2, 0.25) is 0 Å². The van der Waals surface area contributed by atoms with E-state index in [9.17, 15) is 9.82 Å². The first kappa shape index (κ1) is 17.5. The number of fused-ring (bicyclic) bond motifs is 1. The van der Waals surface area contributed by atoms with E-state index < -0.39 is 7.12 Å². The molecule has 3 aromatic rings. The summed E-state index contributed by atoms with van der Waals surface area (Å²) < 4.78 is 5.24. The van der Waals surface area contributed by atoms with Gasteiger partial charge in [-0.1, -0.05) is 66.7 Å². The number of rotatable bonds is 5. The molecular weight excluding hydrogens is 337 g/mol. The number of benzene rings is 3. The molecule has 27 heavy (non-hydrogen) atoms. The second-order valence-electron chi connectivity index (χ2n) is 6.71. The Morgan fingerprint density at radius 1 is 0.926 bits per heavy atom. The summed E-state index contributed by atoms with van der Waals surface area (Å²) in [5.74, 6) is -0.0652. The zero-order valence-electron chi connectivity index (χ0n) is 14.9. The van der Waals surface area contributed by atoms with Crippen LogP contribution in [0.5, 0.6) is 0 Å². The van der Waals surface area contributed by atoms with Gasteiger partial charge in [0.15, 0.2) is 0 Å². The Morgan fingerprint density at radius 2 is 1.52 bits per heavy atom. The van der Waals surface area contributed by atoms with E-state index in [4.69, 9.17) is 4.65 Å². The molecule has 0 saturated carbocycles. The second kappa shape index (κ2) is 7.78. The number of hydrogen-bond acceptors (Lipinski definition) is 3.